The maximum atomic E-state index is 3.67. The van der Waals surface area contributed by atoms with Gasteiger partial charge in [0.15, 0.2) is 0 Å². The van der Waals surface area contributed by atoms with Gasteiger partial charge >= 0.3 is 0 Å². The highest BCUT2D eigenvalue weighted by Crippen LogP contribution is 2.47. The number of hydrogen-bond donors (Lipinski definition) is 1. The molecule has 1 fully saturated rings. The topological polar surface area (TPSA) is 12.0 Å². The van der Waals surface area contributed by atoms with Crippen LogP contribution in [0.15, 0.2) is 28.7 Å². The molecule has 17 heavy (non-hydrogen) atoms. The van der Waals surface area contributed by atoms with E-state index in [2.05, 4.69) is 66.3 Å². The zero-order valence-corrected chi connectivity index (χ0v) is 12.5. The van der Waals surface area contributed by atoms with E-state index in [1.807, 2.05) is 0 Å². The third-order valence-electron chi connectivity index (χ3n) is 4.13. The molecule has 2 rings (SSSR count). The Kier molecular flexibility index (Phi) is 4.26. The molecule has 1 aliphatic carbocycles. The molecular formula is C15H22BrN. The first-order valence-corrected chi connectivity index (χ1v) is 7.43. The van der Waals surface area contributed by atoms with Crippen LogP contribution in [-0.2, 0) is 0 Å². The Morgan fingerprint density at radius 1 is 1.24 bits per heavy atom. The Bertz CT molecular complexity index is 367. The molecular weight excluding hydrogens is 274 g/mol. The van der Waals surface area contributed by atoms with E-state index in [-0.39, 0.29) is 0 Å². The molecule has 1 N–H and O–H groups in total. The molecule has 1 nitrogen and oxygen atoms in total. The van der Waals surface area contributed by atoms with Crippen LogP contribution < -0.4 is 5.32 Å². The molecule has 94 valence electrons. The van der Waals surface area contributed by atoms with Gasteiger partial charge in [-0.3, -0.25) is 0 Å². The largest absolute Gasteiger partial charge is 0.313 e. The van der Waals surface area contributed by atoms with Crippen molar-refractivity contribution in [3.63, 3.8) is 0 Å². The van der Waals surface area contributed by atoms with Crippen molar-refractivity contribution in [3.8, 4) is 0 Å². The van der Waals surface area contributed by atoms with Gasteiger partial charge in [0, 0.05) is 10.5 Å². The zero-order valence-electron chi connectivity index (χ0n) is 10.9. The van der Waals surface area contributed by atoms with E-state index in [1.165, 1.54) is 16.5 Å². The van der Waals surface area contributed by atoms with Crippen molar-refractivity contribution in [1.82, 2.24) is 5.32 Å². The summed E-state index contributed by atoms with van der Waals surface area (Å²) in [5.74, 6) is 2.19. The molecule has 0 aromatic heterocycles. The minimum absolute atomic E-state index is 0.693. The fourth-order valence-electron chi connectivity index (χ4n) is 3.26. The van der Waals surface area contributed by atoms with Crippen LogP contribution in [0.5, 0.6) is 0 Å². The lowest BCUT2D eigenvalue weighted by Gasteiger charge is -2.50. The van der Waals surface area contributed by atoms with E-state index in [0.717, 1.165) is 18.4 Å². The van der Waals surface area contributed by atoms with E-state index in [4.69, 9.17) is 0 Å². The molecule has 0 spiro atoms. The monoisotopic (exact) mass is 295 g/mol. The molecule has 1 aliphatic rings. The van der Waals surface area contributed by atoms with Crippen LogP contribution in [0, 0.1) is 11.8 Å². The molecule has 0 amide bonds. The van der Waals surface area contributed by atoms with Crippen molar-refractivity contribution in [2.24, 2.45) is 11.8 Å². The summed E-state index contributed by atoms with van der Waals surface area (Å²) in [6.45, 7) is 8.12. The van der Waals surface area contributed by atoms with Gasteiger partial charge in [0.1, 0.15) is 0 Å². The Labute approximate surface area is 113 Å². The summed E-state index contributed by atoms with van der Waals surface area (Å²) in [5, 5.41) is 3.67. The number of halogens is 1. The van der Waals surface area contributed by atoms with Gasteiger partial charge in [-0.15, -0.1) is 0 Å². The van der Waals surface area contributed by atoms with Gasteiger partial charge in [-0.2, -0.15) is 0 Å². The summed E-state index contributed by atoms with van der Waals surface area (Å²) in [6, 6.07) is 9.47. The third kappa shape index (κ3) is 2.58. The first-order chi connectivity index (χ1) is 8.15. The summed E-state index contributed by atoms with van der Waals surface area (Å²) < 4.78 is 1.19. The molecule has 2 atom stereocenters. The van der Waals surface area contributed by atoms with Crippen LogP contribution in [0.3, 0.4) is 0 Å². The Balaban J connectivity index is 2.05. The predicted molar refractivity (Wildman–Crippen MR) is 77.3 cm³/mol. The van der Waals surface area contributed by atoms with Gasteiger partial charge in [-0.25, -0.2) is 0 Å². The second kappa shape index (κ2) is 5.53. The Hall–Kier alpha value is -0.340. The van der Waals surface area contributed by atoms with E-state index in [0.29, 0.717) is 12.0 Å². The SMILES string of the molecule is CCCNC1C(C)C(c2cccc(Br)c2)C1C. The summed E-state index contributed by atoms with van der Waals surface area (Å²) in [5.41, 5.74) is 1.48. The quantitative estimate of drug-likeness (QED) is 0.878. The molecule has 1 aromatic carbocycles. The van der Waals surface area contributed by atoms with Gasteiger partial charge in [-0.1, -0.05) is 48.8 Å². The van der Waals surface area contributed by atoms with Crippen molar-refractivity contribution in [1.29, 1.82) is 0 Å². The van der Waals surface area contributed by atoms with E-state index in [1.54, 1.807) is 0 Å². The molecule has 2 heteroatoms. The number of hydrogen-bond acceptors (Lipinski definition) is 1. The summed E-state index contributed by atoms with van der Waals surface area (Å²) in [7, 11) is 0. The molecule has 0 radical (unpaired) electrons. The summed E-state index contributed by atoms with van der Waals surface area (Å²) in [6.07, 6.45) is 1.22. The van der Waals surface area contributed by atoms with Gasteiger partial charge in [-0.05, 0) is 48.4 Å². The van der Waals surface area contributed by atoms with Crippen LogP contribution in [0.1, 0.15) is 38.7 Å². The minimum Gasteiger partial charge on any atom is -0.313 e. The highest BCUT2D eigenvalue weighted by Gasteiger charge is 2.44. The molecule has 1 saturated carbocycles. The van der Waals surface area contributed by atoms with Crippen LogP contribution in [0.2, 0.25) is 0 Å². The van der Waals surface area contributed by atoms with Crippen LogP contribution >= 0.6 is 15.9 Å². The molecule has 1 aromatic rings. The third-order valence-corrected chi connectivity index (χ3v) is 4.62. The fourth-order valence-corrected chi connectivity index (χ4v) is 3.68. The van der Waals surface area contributed by atoms with Crippen LogP contribution in [0.4, 0.5) is 0 Å². The average molecular weight is 296 g/mol. The van der Waals surface area contributed by atoms with Crippen LogP contribution in [0.25, 0.3) is 0 Å². The van der Waals surface area contributed by atoms with Crippen molar-refractivity contribution >= 4 is 15.9 Å². The van der Waals surface area contributed by atoms with Gasteiger partial charge in [0.25, 0.3) is 0 Å². The fraction of sp³-hybridized carbons (Fsp3) is 0.600. The summed E-state index contributed by atoms with van der Waals surface area (Å²) in [4.78, 5) is 0. The van der Waals surface area contributed by atoms with Crippen molar-refractivity contribution in [2.75, 3.05) is 6.54 Å². The molecule has 0 bridgehead atoms. The van der Waals surface area contributed by atoms with Crippen molar-refractivity contribution < 1.29 is 0 Å². The first kappa shape index (κ1) is 13.1. The van der Waals surface area contributed by atoms with Crippen molar-refractivity contribution in [2.45, 2.75) is 39.2 Å². The zero-order chi connectivity index (χ0) is 12.4. The lowest BCUT2D eigenvalue weighted by atomic mass is 9.59. The number of benzene rings is 1. The number of rotatable bonds is 4. The second-order valence-electron chi connectivity index (χ2n) is 5.28. The van der Waals surface area contributed by atoms with E-state index >= 15 is 0 Å². The van der Waals surface area contributed by atoms with Gasteiger partial charge in [0.2, 0.25) is 0 Å². The second-order valence-corrected chi connectivity index (χ2v) is 6.19. The smallest absolute Gasteiger partial charge is 0.0178 e. The van der Waals surface area contributed by atoms with E-state index in [9.17, 15) is 0 Å². The predicted octanol–water partition coefficient (Wildman–Crippen LogP) is 4.19. The van der Waals surface area contributed by atoms with E-state index < -0.39 is 0 Å². The lowest BCUT2D eigenvalue weighted by molar-refractivity contribution is 0.0968. The Morgan fingerprint density at radius 2 is 1.94 bits per heavy atom. The highest BCUT2D eigenvalue weighted by molar-refractivity contribution is 9.10. The lowest BCUT2D eigenvalue weighted by Crippen LogP contribution is -2.55. The normalized spacial score (nSPS) is 32.2. The molecule has 2 unspecified atom stereocenters. The minimum atomic E-state index is 0.693. The van der Waals surface area contributed by atoms with Crippen LogP contribution in [-0.4, -0.2) is 12.6 Å². The summed E-state index contributed by atoms with van der Waals surface area (Å²) >= 11 is 3.57. The Morgan fingerprint density at radius 3 is 2.53 bits per heavy atom. The number of nitrogens with one attached hydrogen (secondary N) is 1. The van der Waals surface area contributed by atoms with Gasteiger partial charge < -0.3 is 5.32 Å². The van der Waals surface area contributed by atoms with Gasteiger partial charge in [0.05, 0.1) is 0 Å². The molecule has 0 saturated heterocycles. The van der Waals surface area contributed by atoms with Crippen molar-refractivity contribution in [3.05, 3.63) is 34.3 Å². The first-order valence-electron chi connectivity index (χ1n) is 6.64. The molecule has 0 aliphatic heterocycles. The highest BCUT2D eigenvalue weighted by atomic mass is 79.9. The average Bonchev–Trinajstić information content (AvgIpc) is 2.30. The maximum absolute atomic E-state index is 3.67. The maximum Gasteiger partial charge on any atom is 0.0178 e. The molecule has 0 heterocycles. The standard InChI is InChI=1S/C15H22BrN/c1-4-8-17-15-10(2)14(11(15)3)12-6-5-7-13(16)9-12/h5-7,9-11,14-15,17H,4,8H2,1-3H3.